The van der Waals surface area contributed by atoms with Crippen LogP contribution in [-0.4, -0.2) is 30.6 Å². The molecule has 134 valence electrons. The molecule has 2 amide bonds. The molecule has 0 aliphatic carbocycles. The lowest BCUT2D eigenvalue weighted by Gasteiger charge is -2.31. The Hall–Kier alpha value is -2.93. The fraction of sp³-hybridized carbons (Fsp3) is 0.222. The highest BCUT2D eigenvalue weighted by Crippen LogP contribution is 2.37. The second-order valence-electron chi connectivity index (χ2n) is 5.96. The molecular formula is C18H15ClN2O5. The van der Waals surface area contributed by atoms with Crippen LogP contribution in [0.2, 0.25) is 5.02 Å². The molecule has 2 heterocycles. The van der Waals surface area contributed by atoms with E-state index in [4.69, 9.17) is 25.8 Å². The molecule has 2 unspecified atom stereocenters. The van der Waals surface area contributed by atoms with E-state index in [0.717, 1.165) is 0 Å². The van der Waals surface area contributed by atoms with Crippen molar-refractivity contribution in [2.24, 2.45) is 0 Å². The molecule has 2 aliphatic rings. The van der Waals surface area contributed by atoms with Crippen molar-refractivity contribution in [2.45, 2.75) is 19.1 Å². The highest BCUT2D eigenvalue weighted by molar-refractivity contribution is 6.34. The third-order valence-electron chi connectivity index (χ3n) is 4.06. The maximum atomic E-state index is 12.7. The number of hydrogen-bond donors (Lipinski definition) is 2. The van der Waals surface area contributed by atoms with Gasteiger partial charge in [-0.1, -0.05) is 23.7 Å². The van der Waals surface area contributed by atoms with Crippen LogP contribution >= 0.6 is 11.6 Å². The number of hydrogen-bond acceptors (Lipinski definition) is 5. The Bertz CT molecular complexity index is 901. The summed E-state index contributed by atoms with van der Waals surface area (Å²) in [6.07, 6.45) is -1.31. The summed E-state index contributed by atoms with van der Waals surface area (Å²) in [6.45, 7) is 1.67. The Morgan fingerprint density at radius 1 is 1.19 bits per heavy atom. The molecule has 2 aromatic rings. The number of benzene rings is 2. The first-order chi connectivity index (χ1) is 12.5. The first kappa shape index (κ1) is 16.5. The molecule has 0 bridgehead atoms. The number of anilines is 2. The quantitative estimate of drug-likeness (QED) is 0.844. The Kier molecular flexibility index (Phi) is 4.08. The zero-order chi connectivity index (χ0) is 18.3. The van der Waals surface area contributed by atoms with Crippen molar-refractivity contribution >= 4 is 34.8 Å². The highest BCUT2D eigenvalue weighted by Gasteiger charge is 2.34. The third kappa shape index (κ3) is 3.01. The van der Waals surface area contributed by atoms with Crippen LogP contribution in [0.3, 0.4) is 0 Å². The lowest BCUT2D eigenvalue weighted by Crippen LogP contribution is -2.46. The van der Waals surface area contributed by atoms with E-state index in [9.17, 15) is 9.59 Å². The van der Waals surface area contributed by atoms with Gasteiger partial charge >= 0.3 is 0 Å². The number of carbonyl (C=O) groups excluding carboxylic acids is 2. The Morgan fingerprint density at radius 2 is 1.92 bits per heavy atom. The van der Waals surface area contributed by atoms with E-state index in [1.165, 1.54) is 6.07 Å². The molecule has 0 saturated carbocycles. The van der Waals surface area contributed by atoms with Crippen LogP contribution < -0.4 is 24.8 Å². The number of fused-ring (bicyclic) bond motifs is 2. The molecule has 8 heteroatoms. The number of amides is 2. The van der Waals surface area contributed by atoms with E-state index >= 15 is 0 Å². The molecule has 0 aromatic heterocycles. The van der Waals surface area contributed by atoms with Gasteiger partial charge in [-0.3, -0.25) is 9.59 Å². The zero-order valence-corrected chi connectivity index (χ0v) is 14.5. The third-order valence-corrected chi connectivity index (χ3v) is 4.37. The van der Waals surface area contributed by atoms with Crippen LogP contribution in [0.5, 0.6) is 17.2 Å². The van der Waals surface area contributed by atoms with Crippen LogP contribution in [0.1, 0.15) is 6.92 Å². The summed E-state index contributed by atoms with van der Waals surface area (Å²) < 4.78 is 16.9. The number of carbonyl (C=O) groups is 2. The number of para-hydroxylation sites is 2. The van der Waals surface area contributed by atoms with E-state index in [0.29, 0.717) is 28.6 Å². The number of nitrogens with one attached hydrogen (secondary N) is 2. The second-order valence-corrected chi connectivity index (χ2v) is 6.37. The molecule has 2 aliphatic heterocycles. The Balaban J connectivity index is 1.54. The fourth-order valence-electron chi connectivity index (χ4n) is 2.81. The predicted molar refractivity (Wildman–Crippen MR) is 95.2 cm³/mol. The van der Waals surface area contributed by atoms with Crippen molar-refractivity contribution in [2.75, 3.05) is 17.2 Å². The maximum absolute atomic E-state index is 12.7. The maximum Gasteiger partial charge on any atom is 0.269 e. The van der Waals surface area contributed by atoms with Crippen molar-refractivity contribution in [1.82, 2.24) is 0 Å². The molecule has 0 radical (unpaired) electrons. The molecule has 0 spiro atoms. The number of halogens is 1. The van der Waals surface area contributed by atoms with Gasteiger partial charge in [0.2, 0.25) is 6.10 Å². The van der Waals surface area contributed by atoms with Gasteiger partial charge in [-0.05, 0) is 25.1 Å². The average molecular weight is 375 g/mol. The second kappa shape index (κ2) is 6.42. The summed E-state index contributed by atoms with van der Waals surface area (Å²) in [6, 6.07) is 10.3. The van der Waals surface area contributed by atoms with Crippen LogP contribution in [0.4, 0.5) is 11.4 Å². The molecule has 4 rings (SSSR count). The summed E-state index contributed by atoms with van der Waals surface area (Å²) in [5.74, 6) is 0.885. The van der Waals surface area contributed by atoms with Gasteiger partial charge in [-0.25, -0.2) is 0 Å². The topological polar surface area (TPSA) is 85.9 Å². The van der Waals surface area contributed by atoms with E-state index in [-0.39, 0.29) is 17.5 Å². The molecular weight excluding hydrogens is 360 g/mol. The van der Waals surface area contributed by atoms with Gasteiger partial charge in [0.1, 0.15) is 11.9 Å². The SMILES string of the molecule is CC1Oc2ccccc2OC1C(=O)Nc1cc2c(cc1Cl)NC(=O)CO2. The minimum absolute atomic E-state index is 0.0879. The molecule has 0 saturated heterocycles. The normalized spacial score (nSPS) is 20.5. The molecule has 7 nitrogen and oxygen atoms in total. The summed E-state index contributed by atoms with van der Waals surface area (Å²) in [7, 11) is 0. The summed E-state index contributed by atoms with van der Waals surface area (Å²) in [5.41, 5.74) is 0.824. The lowest BCUT2D eigenvalue weighted by atomic mass is 10.1. The molecule has 2 N–H and O–H groups in total. The Labute approximate surface area is 154 Å². The summed E-state index contributed by atoms with van der Waals surface area (Å²) in [5, 5.41) is 5.66. The summed E-state index contributed by atoms with van der Waals surface area (Å²) in [4.78, 5) is 24.0. The van der Waals surface area contributed by atoms with Crippen molar-refractivity contribution < 1.29 is 23.8 Å². The van der Waals surface area contributed by atoms with Crippen molar-refractivity contribution in [3.63, 3.8) is 0 Å². The van der Waals surface area contributed by atoms with E-state index in [2.05, 4.69) is 10.6 Å². The minimum Gasteiger partial charge on any atom is -0.482 e. The monoisotopic (exact) mass is 374 g/mol. The summed E-state index contributed by atoms with van der Waals surface area (Å²) >= 11 is 6.22. The van der Waals surface area contributed by atoms with Crippen LogP contribution in [0.25, 0.3) is 0 Å². The fourth-order valence-corrected chi connectivity index (χ4v) is 3.02. The number of rotatable bonds is 2. The average Bonchev–Trinajstić information content (AvgIpc) is 2.62. The van der Waals surface area contributed by atoms with Crippen LogP contribution in [0.15, 0.2) is 36.4 Å². The van der Waals surface area contributed by atoms with Gasteiger partial charge in [0, 0.05) is 6.07 Å². The first-order valence-corrected chi connectivity index (χ1v) is 8.38. The van der Waals surface area contributed by atoms with Crippen molar-refractivity contribution in [1.29, 1.82) is 0 Å². The standard InChI is InChI=1S/C18H15ClN2O5/c1-9-17(26-14-5-3-2-4-13(14)25-9)18(23)21-11-7-15-12(6-10(11)19)20-16(22)8-24-15/h2-7,9,17H,8H2,1H3,(H,20,22)(H,21,23). The highest BCUT2D eigenvalue weighted by atomic mass is 35.5. The lowest BCUT2D eigenvalue weighted by molar-refractivity contribution is -0.128. The van der Waals surface area contributed by atoms with E-state index < -0.39 is 18.1 Å². The van der Waals surface area contributed by atoms with Crippen molar-refractivity contribution in [3.8, 4) is 17.2 Å². The predicted octanol–water partition coefficient (Wildman–Crippen LogP) is 2.84. The zero-order valence-electron chi connectivity index (χ0n) is 13.7. The van der Waals surface area contributed by atoms with Gasteiger partial charge in [0.15, 0.2) is 18.1 Å². The Morgan fingerprint density at radius 3 is 2.69 bits per heavy atom. The smallest absolute Gasteiger partial charge is 0.269 e. The molecule has 2 atom stereocenters. The van der Waals surface area contributed by atoms with Gasteiger partial charge in [-0.15, -0.1) is 0 Å². The van der Waals surface area contributed by atoms with Gasteiger partial charge < -0.3 is 24.8 Å². The molecule has 2 aromatic carbocycles. The molecule has 0 fully saturated rings. The number of ether oxygens (including phenoxy) is 3. The van der Waals surface area contributed by atoms with Gasteiger partial charge in [0.05, 0.1) is 16.4 Å². The van der Waals surface area contributed by atoms with Crippen LogP contribution in [0, 0.1) is 0 Å². The van der Waals surface area contributed by atoms with Crippen molar-refractivity contribution in [3.05, 3.63) is 41.4 Å². The first-order valence-electron chi connectivity index (χ1n) is 8.00. The van der Waals surface area contributed by atoms with E-state index in [1.54, 1.807) is 31.2 Å². The largest absolute Gasteiger partial charge is 0.482 e. The molecule has 26 heavy (non-hydrogen) atoms. The van der Waals surface area contributed by atoms with Gasteiger partial charge in [-0.2, -0.15) is 0 Å². The minimum atomic E-state index is -0.836. The van der Waals surface area contributed by atoms with Crippen LogP contribution in [-0.2, 0) is 9.59 Å². The van der Waals surface area contributed by atoms with E-state index in [1.807, 2.05) is 6.07 Å². The van der Waals surface area contributed by atoms with Gasteiger partial charge in [0.25, 0.3) is 11.8 Å².